The molecule has 0 amide bonds. The first-order chi connectivity index (χ1) is 7.07. The lowest BCUT2D eigenvalue weighted by atomic mass is 10.1. The van der Waals surface area contributed by atoms with E-state index in [4.69, 9.17) is 5.73 Å². The Kier molecular flexibility index (Phi) is 9.30. The number of nitrogens with one attached hydrogen (secondary N) is 1. The van der Waals surface area contributed by atoms with Crippen molar-refractivity contribution < 1.29 is 9.59 Å². The van der Waals surface area contributed by atoms with E-state index in [0.717, 1.165) is 19.3 Å². The van der Waals surface area contributed by atoms with Crippen molar-refractivity contribution in [3.05, 3.63) is 0 Å². The molecule has 0 aliphatic rings. The number of carbonyl (C=O) groups is 2. The molecule has 0 saturated heterocycles. The molecule has 15 heavy (non-hydrogen) atoms. The maximum Gasteiger partial charge on any atom is 0.187 e. The van der Waals surface area contributed by atoms with Crippen LogP contribution in [-0.2, 0) is 9.59 Å². The number of nitrogens with two attached hydrogens (primary N) is 1. The molecule has 0 aromatic heterocycles. The van der Waals surface area contributed by atoms with Gasteiger partial charge in [-0.2, -0.15) is 0 Å². The number of carbonyl (C=O) groups excluding carboxylic acids is 2. The van der Waals surface area contributed by atoms with Gasteiger partial charge >= 0.3 is 0 Å². The van der Waals surface area contributed by atoms with E-state index in [0.29, 0.717) is 12.4 Å². The molecule has 2 atom stereocenters. The van der Waals surface area contributed by atoms with Crippen molar-refractivity contribution in [2.24, 2.45) is 5.73 Å². The van der Waals surface area contributed by atoms with Crippen LogP contribution in [0.15, 0.2) is 0 Å². The van der Waals surface area contributed by atoms with E-state index in [2.05, 4.69) is 14.6 Å². The van der Waals surface area contributed by atoms with E-state index in [1.165, 1.54) is 18.7 Å². The molecule has 0 radical (unpaired) electrons. The zero-order chi connectivity index (χ0) is 11.7. The monoisotopic (exact) mass is 250 g/mol. The summed E-state index contributed by atoms with van der Waals surface area (Å²) in [5.41, 5.74) is 5.41. The van der Waals surface area contributed by atoms with Crippen molar-refractivity contribution >= 4 is 31.6 Å². The summed E-state index contributed by atoms with van der Waals surface area (Å²) < 4.78 is 0. The van der Waals surface area contributed by atoms with Crippen LogP contribution >= 0.6 is 21.0 Å². The summed E-state index contributed by atoms with van der Waals surface area (Å²) in [7, 11) is 2.17. The van der Waals surface area contributed by atoms with Gasteiger partial charge in [0.15, 0.2) is 10.6 Å². The maximum absolute atomic E-state index is 11.2. The molecule has 6 heteroatoms. The molecule has 0 spiro atoms. The lowest BCUT2D eigenvalue weighted by Crippen LogP contribution is -2.34. The van der Waals surface area contributed by atoms with E-state index in [1.54, 1.807) is 0 Å². The highest BCUT2D eigenvalue weighted by molar-refractivity contribution is 8.13. The first kappa shape index (κ1) is 15.0. The fourth-order valence-corrected chi connectivity index (χ4v) is 1.85. The second kappa shape index (κ2) is 9.28. The molecule has 0 aliphatic heterocycles. The van der Waals surface area contributed by atoms with Crippen LogP contribution in [0, 0.1) is 0 Å². The van der Waals surface area contributed by atoms with Gasteiger partial charge in [0.1, 0.15) is 0 Å². The quantitative estimate of drug-likeness (QED) is 0.377. The van der Waals surface area contributed by atoms with Crippen molar-refractivity contribution in [1.82, 2.24) is 5.32 Å². The Morgan fingerprint density at radius 3 is 2.60 bits per heavy atom. The Morgan fingerprint density at radius 1 is 1.47 bits per heavy atom. The van der Waals surface area contributed by atoms with Crippen LogP contribution in [0.3, 0.4) is 0 Å². The summed E-state index contributed by atoms with van der Waals surface area (Å²) in [6.07, 6.45) is 2.63. The fourth-order valence-electron chi connectivity index (χ4n) is 1.08. The minimum atomic E-state index is -0.173. The molecule has 0 heterocycles. The van der Waals surface area contributed by atoms with Crippen molar-refractivity contribution in [3.8, 4) is 0 Å². The molecule has 0 aromatic rings. The average Bonchev–Trinajstić information content (AvgIpc) is 2.15. The van der Waals surface area contributed by atoms with Crippen LogP contribution in [0.1, 0.15) is 26.2 Å². The van der Waals surface area contributed by atoms with Crippen LogP contribution in [0.5, 0.6) is 0 Å². The molecular formula is C9H19N2O2PS. The van der Waals surface area contributed by atoms with Crippen molar-refractivity contribution in [2.45, 2.75) is 32.2 Å². The molecule has 4 nitrogen and oxygen atoms in total. The normalized spacial score (nSPS) is 12.5. The van der Waals surface area contributed by atoms with Gasteiger partial charge in [0.05, 0.1) is 6.04 Å². The molecule has 0 aromatic carbocycles. The van der Waals surface area contributed by atoms with Gasteiger partial charge in [0.25, 0.3) is 0 Å². The second-order valence-corrected chi connectivity index (χ2v) is 4.95. The first-order valence-electron chi connectivity index (χ1n) is 4.94. The Hall–Kier alpha value is 0.0400. The first-order valence-corrected chi connectivity index (χ1v) is 6.50. The number of hydrogen-bond donors (Lipinski definition) is 2. The standard InChI is InChI=1S/C9H19N2O2PS/c1-7(12)15-6-11-8(9(13)14)4-2-3-5-10/h8,11H,2-6,10,14H2,1H3/t8-/m0/s1. The predicted octanol–water partition coefficient (Wildman–Crippen LogP) is 0.712. The van der Waals surface area contributed by atoms with Gasteiger partial charge < -0.3 is 5.73 Å². The highest BCUT2D eigenvalue weighted by Gasteiger charge is 2.12. The van der Waals surface area contributed by atoms with Gasteiger partial charge in [-0.25, -0.2) is 0 Å². The van der Waals surface area contributed by atoms with Crippen molar-refractivity contribution in [1.29, 1.82) is 0 Å². The largest absolute Gasteiger partial charge is 0.330 e. The summed E-state index contributed by atoms with van der Waals surface area (Å²) in [5.74, 6) is 0.489. The number of thioether (sulfide) groups is 1. The third-order valence-electron chi connectivity index (χ3n) is 1.90. The Labute approximate surface area is 97.3 Å². The summed E-state index contributed by atoms with van der Waals surface area (Å²) in [6, 6.07) is -0.173. The minimum absolute atomic E-state index is 0.0381. The predicted molar refractivity (Wildman–Crippen MR) is 67.7 cm³/mol. The Morgan fingerprint density at radius 2 is 2.13 bits per heavy atom. The van der Waals surface area contributed by atoms with Crippen LogP contribution in [0.25, 0.3) is 0 Å². The van der Waals surface area contributed by atoms with Crippen molar-refractivity contribution in [2.75, 3.05) is 12.4 Å². The van der Waals surface area contributed by atoms with Gasteiger partial charge in [0.2, 0.25) is 0 Å². The summed E-state index contributed by atoms with van der Waals surface area (Å²) in [6.45, 7) is 2.16. The van der Waals surface area contributed by atoms with Gasteiger partial charge in [-0.1, -0.05) is 27.4 Å². The molecule has 3 N–H and O–H groups in total. The molecule has 88 valence electrons. The molecule has 0 rings (SSSR count). The summed E-state index contributed by atoms with van der Waals surface area (Å²) in [4.78, 5) is 21.9. The Balaban J connectivity index is 3.73. The number of hydrogen-bond acceptors (Lipinski definition) is 5. The number of rotatable bonds is 8. The van der Waals surface area contributed by atoms with Crippen LogP contribution in [0.2, 0.25) is 0 Å². The second-order valence-electron chi connectivity index (χ2n) is 3.22. The van der Waals surface area contributed by atoms with Crippen LogP contribution in [-0.4, -0.2) is 29.1 Å². The highest BCUT2D eigenvalue weighted by Crippen LogP contribution is 2.07. The average molecular weight is 250 g/mol. The lowest BCUT2D eigenvalue weighted by Gasteiger charge is -2.14. The van der Waals surface area contributed by atoms with Gasteiger partial charge in [-0.15, -0.1) is 0 Å². The zero-order valence-corrected chi connectivity index (χ0v) is 11.0. The molecular weight excluding hydrogens is 231 g/mol. The van der Waals surface area contributed by atoms with E-state index < -0.39 is 0 Å². The van der Waals surface area contributed by atoms with Gasteiger partial charge in [-0.05, 0) is 19.4 Å². The molecule has 0 saturated carbocycles. The topological polar surface area (TPSA) is 72.2 Å². The summed E-state index contributed by atoms with van der Waals surface area (Å²) in [5, 5.41) is 3.10. The molecule has 0 bridgehead atoms. The third kappa shape index (κ3) is 9.00. The molecule has 1 unspecified atom stereocenters. The smallest absolute Gasteiger partial charge is 0.187 e. The van der Waals surface area contributed by atoms with Crippen LogP contribution in [0.4, 0.5) is 0 Å². The lowest BCUT2D eigenvalue weighted by molar-refractivity contribution is -0.113. The van der Waals surface area contributed by atoms with Gasteiger partial charge in [0, 0.05) is 12.8 Å². The SMILES string of the molecule is CC(=O)SCN[C@@H](CCCCN)C(=O)P. The van der Waals surface area contributed by atoms with E-state index in [1.807, 2.05) is 0 Å². The molecule has 0 aliphatic carbocycles. The van der Waals surface area contributed by atoms with E-state index >= 15 is 0 Å². The van der Waals surface area contributed by atoms with Gasteiger partial charge in [-0.3, -0.25) is 14.9 Å². The summed E-state index contributed by atoms with van der Waals surface area (Å²) >= 11 is 1.18. The number of unbranched alkanes of at least 4 members (excludes halogenated alkanes) is 1. The maximum atomic E-state index is 11.2. The fraction of sp³-hybridized carbons (Fsp3) is 0.778. The van der Waals surface area contributed by atoms with E-state index in [-0.39, 0.29) is 16.7 Å². The Bertz CT molecular complexity index is 214. The van der Waals surface area contributed by atoms with E-state index in [9.17, 15) is 9.59 Å². The molecule has 0 fully saturated rings. The zero-order valence-electron chi connectivity index (χ0n) is 8.99. The third-order valence-corrected chi connectivity index (χ3v) is 3.02. The highest BCUT2D eigenvalue weighted by atomic mass is 32.2. The van der Waals surface area contributed by atoms with Crippen molar-refractivity contribution in [3.63, 3.8) is 0 Å². The minimum Gasteiger partial charge on any atom is -0.330 e. The van der Waals surface area contributed by atoms with Crippen LogP contribution < -0.4 is 11.1 Å².